The minimum absolute atomic E-state index is 0.0923. The summed E-state index contributed by atoms with van der Waals surface area (Å²) in [5, 5.41) is 0. The zero-order chi connectivity index (χ0) is 25.3. The lowest BCUT2D eigenvalue weighted by Crippen LogP contribution is -2.40. The Morgan fingerprint density at radius 2 is 1.78 bits per heavy atom. The highest BCUT2D eigenvalue weighted by Crippen LogP contribution is 2.37. The number of thiazole rings is 1. The fourth-order valence-electron chi connectivity index (χ4n) is 3.89. The lowest BCUT2D eigenvalue weighted by Gasteiger charge is -2.26. The molecular formula is C23H23N3O8S2. The number of hydrogen-bond donors (Lipinski definition) is 0. The molecule has 0 radical (unpaired) electrons. The zero-order valence-electron chi connectivity index (χ0n) is 19.3. The maximum Gasteiger partial charge on any atom is 0.326 e. The molecule has 1 saturated heterocycles. The molecule has 36 heavy (non-hydrogen) atoms. The van der Waals surface area contributed by atoms with Gasteiger partial charge in [0.25, 0.3) is 5.91 Å². The summed E-state index contributed by atoms with van der Waals surface area (Å²) < 4.78 is 50.6. The number of ether oxygens (including phenoxy) is 4. The lowest BCUT2D eigenvalue weighted by molar-refractivity contribution is -0.143. The molecule has 0 aliphatic carbocycles. The first kappa shape index (κ1) is 24.4. The van der Waals surface area contributed by atoms with Crippen LogP contribution in [-0.2, 0) is 30.8 Å². The summed E-state index contributed by atoms with van der Waals surface area (Å²) >= 11 is 1.22. The molecule has 1 aromatic heterocycles. The van der Waals surface area contributed by atoms with Gasteiger partial charge in [-0.05, 0) is 31.2 Å². The molecule has 1 fully saturated rings. The van der Waals surface area contributed by atoms with Crippen LogP contribution in [-0.4, -0.2) is 68.9 Å². The van der Waals surface area contributed by atoms with Gasteiger partial charge in [-0.2, -0.15) is 9.30 Å². The fourth-order valence-corrected chi connectivity index (χ4v) is 6.34. The Labute approximate surface area is 210 Å². The second-order valence-corrected chi connectivity index (χ2v) is 10.9. The molecule has 0 unspecified atom stereocenters. The Morgan fingerprint density at radius 3 is 2.47 bits per heavy atom. The van der Waals surface area contributed by atoms with Crippen LogP contribution in [0.4, 0.5) is 0 Å². The van der Waals surface area contributed by atoms with Crippen molar-refractivity contribution in [3.05, 3.63) is 46.8 Å². The maximum absolute atomic E-state index is 13.0. The molecule has 1 amide bonds. The molecule has 0 N–H and O–H groups in total. The number of carbonyl (C=O) groups excluding carboxylic acids is 2. The van der Waals surface area contributed by atoms with E-state index in [2.05, 4.69) is 4.99 Å². The third-order valence-electron chi connectivity index (χ3n) is 5.68. The SMILES string of the molecule is CCOC(=O)Cn1c(=NC(=O)c2ccc(S(=O)(=O)N3CCOCC3)cc2)sc2cc3c(cc21)OCO3. The number of hydrogen-bond acceptors (Lipinski definition) is 9. The molecule has 13 heteroatoms. The molecule has 5 rings (SSSR count). The first-order valence-corrected chi connectivity index (χ1v) is 13.5. The zero-order valence-corrected chi connectivity index (χ0v) is 21.0. The summed E-state index contributed by atoms with van der Waals surface area (Å²) in [6.45, 7) is 3.15. The quantitative estimate of drug-likeness (QED) is 0.439. The van der Waals surface area contributed by atoms with Crippen LogP contribution in [0.3, 0.4) is 0 Å². The summed E-state index contributed by atoms with van der Waals surface area (Å²) in [5.41, 5.74) is 0.862. The van der Waals surface area contributed by atoms with Gasteiger partial charge in [0, 0.05) is 30.8 Å². The molecular weight excluding hydrogens is 510 g/mol. The van der Waals surface area contributed by atoms with E-state index in [1.54, 1.807) is 23.6 Å². The van der Waals surface area contributed by atoms with Gasteiger partial charge in [-0.1, -0.05) is 11.3 Å². The highest BCUT2D eigenvalue weighted by atomic mass is 32.2. The van der Waals surface area contributed by atoms with Gasteiger partial charge in [0.15, 0.2) is 16.3 Å². The van der Waals surface area contributed by atoms with Gasteiger partial charge in [-0.3, -0.25) is 9.59 Å². The summed E-state index contributed by atoms with van der Waals surface area (Å²) in [5.74, 6) is 0.0609. The number of sulfonamides is 1. The van der Waals surface area contributed by atoms with Crippen molar-refractivity contribution in [1.82, 2.24) is 8.87 Å². The van der Waals surface area contributed by atoms with Gasteiger partial charge in [-0.25, -0.2) is 8.42 Å². The maximum atomic E-state index is 13.0. The van der Waals surface area contributed by atoms with Crippen molar-refractivity contribution in [1.29, 1.82) is 0 Å². The van der Waals surface area contributed by atoms with Crippen molar-refractivity contribution in [2.24, 2.45) is 4.99 Å². The van der Waals surface area contributed by atoms with Crippen molar-refractivity contribution in [2.45, 2.75) is 18.4 Å². The average molecular weight is 534 g/mol. The van der Waals surface area contributed by atoms with E-state index in [0.717, 1.165) is 4.70 Å². The van der Waals surface area contributed by atoms with Crippen molar-refractivity contribution in [3.63, 3.8) is 0 Å². The molecule has 11 nitrogen and oxygen atoms in total. The molecule has 0 bridgehead atoms. The number of fused-ring (bicyclic) bond motifs is 2. The van der Waals surface area contributed by atoms with Crippen LogP contribution in [0.1, 0.15) is 17.3 Å². The van der Waals surface area contributed by atoms with Crippen molar-refractivity contribution in [2.75, 3.05) is 39.7 Å². The van der Waals surface area contributed by atoms with E-state index in [-0.39, 0.29) is 48.3 Å². The van der Waals surface area contributed by atoms with E-state index in [0.29, 0.717) is 30.2 Å². The van der Waals surface area contributed by atoms with Gasteiger partial charge >= 0.3 is 5.97 Å². The Kier molecular flexibility index (Phi) is 6.79. The van der Waals surface area contributed by atoms with Crippen molar-refractivity contribution in [3.8, 4) is 11.5 Å². The van der Waals surface area contributed by atoms with Gasteiger partial charge in [0.1, 0.15) is 6.54 Å². The van der Waals surface area contributed by atoms with Gasteiger partial charge in [0.2, 0.25) is 16.8 Å². The summed E-state index contributed by atoms with van der Waals surface area (Å²) in [6.07, 6.45) is 0. The van der Waals surface area contributed by atoms with Crippen LogP contribution in [0.15, 0.2) is 46.3 Å². The third kappa shape index (κ3) is 4.74. The minimum Gasteiger partial charge on any atom is -0.465 e. The van der Waals surface area contributed by atoms with E-state index in [1.807, 2.05) is 0 Å². The number of benzene rings is 2. The third-order valence-corrected chi connectivity index (χ3v) is 8.63. The van der Waals surface area contributed by atoms with E-state index in [1.165, 1.54) is 39.9 Å². The molecule has 0 saturated carbocycles. The number of rotatable bonds is 6. The molecule has 0 atom stereocenters. The molecule has 2 aliphatic rings. The largest absolute Gasteiger partial charge is 0.465 e. The molecule has 0 spiro atoms. The second-order valence-electron chi connectivity index (χ2n) is 7.91. The predicted molar refractivity (Wildman–Crippen MR) is 128 cm³/mol. The summed E-state index contributed by atoms with van der Waals surface area (Å²) in [7, 11) is -3.68. The monoisotopic (exact) mass is 533 g/mol. The van der Waals surface area contributed by atoms with Crippen LogP contribution in [0.5, 0.6) is 11.5 Å². The smallest absolute Gasteiger partial charge is 0.326 e. The number of carbonyl (C=O) groups is 2. The number of esters is 1. The van der Waals surface area contributed by atoms with Crippen LogP contribution in [0.2, 0.25) is 0 Å². The molecule has 2 aliphatic heterocycles. The lowest BCUT2D eigenvalue weighted by atomic mass is 10.2. The highest BCUT2D eigenvalue weighted by molar-refractivity contribution is 7.89. The van der Waals surface area contributed by atoms with Gasteiger partial charge < -0.3 is 23.5 Å². The van der Waals surface area contributed by atoms with Gasteiger partial charge in [0.05, 0.1) is 34.9 Å². The molecule has 3 aromatic rings. The second kappa shape index (κ2) is 10.0. The molecule has 190 valence electrons. The molecule has 3 heterocycles. The number of amides is 1. The first-order valence-electron chi connectivity index (χ1n) is 11.2. The first-order chi connectivity index (χ1) is 17.4. The fraction of sp³-hybridized carbons (Fsp3) is 0.348. The van der Waals surface area contributed by atoms with Crippen LogP contribution >= 0.6 is 11.3 Å². The van der Waals surface area contributed by atoms with E-state index in [4.69, 9.17) is 18.9 Å². The Bertz CT molecular complexity index is 1490. The van der Waals surface area contributed by atoms with Gasteiger partial charge in [-0.15, -0.1) is 0 Å². The number of morpholine rings is 1. The van der Waals surface area contributed by atoms with Crippen LogP contribution < -0.4 is 14.3 Å². The Morgan fingerprint density at radius 1 is 1.08 bits per heavy atom. The van der Waals surface area contributed by atoms with E-state index in [9.17, 15) is 18.0 Å². The van der Waals surface area contributed by atoms with E-state index >= 15 is 0 Å². The van der Waals surface area contributed by atoms with E-state index < -0.39 is 21.9 Å². The molecule has 2 aromatic carbocycles. The Hall–Kier alpha value is -3.26. The van der Waals surface area contributed by atoms with Crippen LogP contribution in [0, 0.1) is 0 Å². The van der Waals surface area contributed by atoms with Crippen molar-refractivity contribution < 1.29 is 37.0 Å². The topological polar surface area (TPSA) is 126 Å². The highest BCUT2D eigenvalue weighted by Gasteiger charge is 2.26. The minimum atomic E-state index is -3.68. The van der Waals surface area contributed by atoms with Crippen molar-refractivity contribution >= 4 is 43.5 Å². The normalized spacial score (nSPS) is 16.4. The summed E-state index contributed by atoms with van der Waals surface area (Å²) in [4.78, 5) is 29.9. The average Bonchev–Trinajstić information content (AvgIpc) is 3.47. The summed E-state index contributed by atoms with van der Waals surface area (Å²) in [6, 6.07) is 9.16. The predicted octanol–water partition coefficient (Wildman–Crippen LogP) is 1.76. The standard InChI is InChI=1S/C23H23N3O8S2/c1-2-32-21(27)13-26-17-11-18-19(34-14-33-18)12-20(17)35-23(26)24-22(28)15-3-5-16(6-4-15)36(29,30)25-7-9-31-10-8-25/h3-6,11-12H,2,7-10,13-14H2,1H3. The van der Waals surface area contributed by atoms with Crippen LogP contribution in [0.25, 0.3) is 10.2 Å². The number of nitrogens with zero attached hydrogens (tertiary/aromatic N) is 3. The Balaban J connectivity index is 1.48. The number of aromatic nitrogens is 1.